The maximum atomic E-state index is 11.1. The average Bonchev–Trinajstić information content (AvgIpc) is 2.34. The van der Waals surface area contributed by atoms with Crippen LogP contribution in [0.3, 0.4) is 0 Å². The van der Waals surface area contributed by atoms with Gasteiger partial charge in [0, 0.05) is 25.9 Å². The summed E-state index contributed by atoms with van der Waals surface area (Å²) in [4.78, 5) is 11.1. The average molecular weight is 266 g/mol. The van der Waals surface area contributed by atoms with Gasteiger partial charge in [-0.15, -0.1) is 0 Å². The number of carbonyl (C=O) groups is 1. The quantitative estimate of drug-likeness (QED) is 0.660. The van der Waals surface area contributed by atoms with Gasteiger partial charge in [-0.05, 0) is 30.0 Å². The van der Waals surface area contributed by atoms with E-state index in [0.29, 0.717) is 24.5 Å². The SMILES string of the molecule is COCCC(C)(C)CNc1cc(N)ccc1C(=O)O. The number of nitrogens with two attached hydrogens (primary N) is 1. The van der Waals surface area contributed by atoms with E-state index < -0.39 is 5.97 Å². The van der Waals surface area contributed by atoms with Gasteiger partial charge in [-0.3, -0.25) is 0 Å². The van der Waals surface area contributed by atoms with Crippen LogP contribution in [0.5, 0.6) is 0 Å². The molecular weight excluding hydrogens is 244 g/mol. The normalized spacial score (nSPS) is 11.3. The summed E-state index contributed by atoms with van der Waals surface area (Å²) in [6.07, 6.45) is 0.890. The Morgan fingerprint density at radius 2 is 2.16 bits per heavy atom. The number of rotatable bonds is 7. The lowest BCUT2D eigenvalue weighted by Gasteiger charge is -2.25. The maximum absolute atomic E-state index is 11.1. The summed E-state index contributed by atoms with van der Waals surface area (Å²) in [5.41, 5.74) is 7.04. The number of benzene rings is 1. The highest BCUT2D eigenvalue weighted by Crippen LogP contribution is 2.24. The number of hydrogen-bond acceptors (Lipinski definition) is 4. The van der Waals surface area contributed by atoms with Crippen molar-refractivity contribution >= 4 is 17.3 Å². The van der Waals surface area contributed by atoms with E-state index in [2.05, 4.69) is 19.2 Å². The van der Waals surface area contributed by atoms with Crippen molar-refractivity contribution < 1.29 is 14.6 Å². The number of carboxylic acid groups (broad SMARTS) is 1. The van der Waals surface area contributed by atoms with Crippen molar-refractivity contribution in [3.63, 3.8) is 0 Å². The molecule has 0 heterocycles. The minimum Gasteiger partial charge on any atom is -0.478 e. The second-order valence-electron chi connectivity index (χ2n) is 5.37. The Labute approximate surface area is 113 Å². The number of nitrogen functional groups attached to an aromatic ring is 1. The molecule has 1 aromatic rings. The molecule has 106 valence electrons. The smallest absolute Gasteiger partial charge is 0.337 e. The molecular formula is C14H22N2O3. The minimum atomic E-state index is -0.961. The highest BCUT2D eigenvalue weighted by atomic mass is 16.5. The third-order valence-corrected chi connectivity index (χ3v) is 3.01. The summed E-state index contributed by atoms with van der Waals surface area (Å²) < 4.78 is 5.07. The van der Waals surface area contributed by atoms with Crippen molar-refractivity contribution in [1.82, 2.24) is 0 Å². The summed E-state index contributed by atoms with van der Waals surface area (Å²) >= 11 is 0. The Balaban J connectivity index is 2.76. The van der Waals surface area contributed by atoms with E-state index in [9.17, 15) is 4.79 Å². The van der Waals surface area contributed by atoms with E-state index in [0.717, 1.165) is 6.42 Å². The maximum Gasteiger partial charge on any atom is 0.337 e. The molecule has 0 aliphatic carbocycles. The van der Waals surface area contributed by atoms with Gasteiger partial charge in [0.25, 0.3) is 0 Å². The predicted molar refractivity (Wildman–Crippen MR) is 76.6 cm³/mol. The van der Waals surface area contributed by atoms with Gasteiger partial charge in [0.1, 0.15) is 0 Å². The lowest BCUT2D eigenvalue weighted by atomic mass is 9.89. The molecule has 0 aromatic heterocycles. The molecule has 0 fully saturated rings. The second-order valence-corrected chi connectivity index (χ2v) is 5.37. The number of methoxy groups -OCH3 is 1. The topological polar surface area (TPSA) is 84.6 Å². The van der Waals surface area contributed by atoms with Gasteiger partial charge < -0.3 is 20.9 Å². The Kier molecular flexibility index (Phi) is 5.18. The van der Waals surface area contributed by atoms with Crippen LogP contribution in [0.4, 0.5) is 11.4 Å². The number of hydrogen-bond donors (Lipinski definition) is 3. The van der Waals surface area contributed by atoms with E-state index in [4.69, 9.17) is 15.6 Å². The largest absolute Gasteiger partial charge is 0.478 e. The molecule has 1 aromatic carbocycles. The number of ether oxygens (including phenoxy) is 1. The standard InChI is InChI=1S/C14H22N2O3/c1-14(2,6-7-19-3)9-16-12-8-10(15)4-5-11(12)13(17)18/h4-5,8,16H,6-7,9,15H2,1-3H3,(H,17,18). The summed E-state index contributed by atoms with van der Waals surface area (Å²) in [5, 5.41) is 12.3. The molecule has 5 heteroatoms. The van der Waals surface area contributed by atoms with Crippen LogP contribution in [0.15, 0.2) is 18.2 Å². The predicted octanol–water partition coefficient (Wildman–Crippen LogP) is 2.44. The van der Waals surface area contributed by atoms with E-state index >= 15 is 0 Å². The molecule has 0 bridgehead atoms. The monoisotopic (exact) mass is 266 g/mol. The van der Waals surface area contributed by atoms with Crippen LogP contribution in [0, 0.1) is 5.41 Å². The molecule has 0 amide bonds. The molecule has 1 rings (SSSR count). The molecule has 0 aliphatic rings. The molecule has 4 N–H and O–H groups in total. The van der Waals surface area contributed by atoms with Gasteiger partial charge in [0.05, 0.1) is 11.3 Å². The fraction of sp³-hybridized carbons (Fsp3) is 0.500. The van der Waals surface area contributed by atoms with Crippen LogP contribution in [0.25, 0.3) is 0 Å². The first-order valence-electron chi connectivity index (χ1n) is 6.21. The van der Waals surface area contributed by atoms with Crippen molar-refractivity contribution in [3.8, 4) is 0 Å². The van der Waals surface area contributed by atoms with Crippen LogP contribution in [0.2, 0.25) is 0 Å². The molecule has 5 nitrogen and oxygen atoms in total. The highest BCUT2D eigenvalue weighted by Gasteiger charge is 2.19. The Morgan fingerprint density at radius 1 is 1.47 bits per heavy atom. The van der Waals surface area contributed by atoms with Gasteiger partial charge in [0.2, 0.25) is 0 Å². The lowest BCUT2D eigenvalue weighted by molar-refractivity contribution is 0.0698. The van der Waals surface area contributed by atoms with E-state index in [1.54, 1.807) is 19.2 Å². The van der Waals surface area contributed by atoms with Crippen molar-refractivity contribution in [1.29, 1.82) is 0 Å². The fourth-order valence-corrected chi connectivity index (χ4v) is 1.70. The van der Waals surface area contributed by atoms with E-state index in [1.165, 1.54) is 6.07 Å². The minimum absolute atomic E-state index is 0.0103. The third kappa shape index (κ3) is 4.79. The number of anilines is 2. The molecule has 19 heavy (non-hydrogen) atoms. The molecule has 0 saturated heterocycles. The Bertz CT molecular complexity index is 444. The van der Waals surface area contributed by atoms with Crippen LogP contribution < -0.4 is 11.1 Å². The first kappa shape index (κ1) is 15.3. The van der Waals surface area contributed by atoms with Gasteiger partial charge in [0.15, 0.2) is 0 Å². The third-order valence-electron chi connectivity index (χ3n) is 3.01. The fourth-order valence-electron chi connectivity index (χ4n) is 1.70. The molecule has 0 aliphatic heterocycles. The Hall–Kier alpha value is -1.75. The summed E-state index contributed by atoms with van der Waals surface area (Å²) in [7, 11) is 1.67. The first-order valence-corrected chi connectivity index (χ1v) is 6.21. The van der Waals surface area contributed by atoms with Crippen molar-refractivity contribution in [2.75, 3.05) is 31.3 Å². The molecule has 0 unspecified atom stereocenters. The summed E-state index contributed by atoms with van der Waals surface area (Å²) in [6.45, 7) is 5.54. The van der Waals surface area contributed by atoms with Gasteiger partial charge >= 0.3 is 5.97 Å². The van der Waals surface area contributed by atoms with E-state index in [1.807, 2.05) is 0 Å². The number of nitrogens with one attached hydrogen (secondary N) is 1. The highest BCUT2D eigenvalue weighted by molar-refractivity contribution is 5.95. The molecule has 0 radical (unpaired) electrons. The zero-order valence-electron chi connectivity index (χ0n) is 11.7. The molecule has 0 spiro atoms. The van der Waals surface area contributed by atoms with Gasteiger partial charge in [-0.2, -0.15) is 0 Å². The summed E-state index contributed by atoms with van der Waals surface area (Å²) in [5.74, 6) is -0.961. The number of carboxylic acids is 1. The second kappa shape index (κ2) is 6.43. The van der Waals surface area contributed by atoms with Crippen LogP contribution >= 0.6 is 0 Å². The van der Waals surface area contributed by atoms with Gasteiger partial charge in [-0.25, -0.2) is 4.79 Å². The van der Waals surface area contributed by atoms with E-state index in [-0.39, 0.29) is 11.0 Å². The summed E-state index contributed by atoms with van der Waals surface area (Å²) in [6, 6.07) is 4.75. The lowest BCUT2D eigenvalue weighted by Crippen LogP contribution is -2.25. The zero-order chi connectivity index (χ0) is 14.5. The van der Waals surface area contributed by atoms with Crippen molar-refractivity contribution in [3.05, 3.63) is 23.8 Å². The van der Waals surface area contributed by atoms with Gasteiger partial charge in [-0.1, -0.05) is 13.8 Å². The molecule has 0 saturated carbocycles. The van der Waals surface area contributed by atoms with Crippen molar-refractivity contribution in [2.45, 2.75) is 20.3 Å². The zero-order valence-corrected chi connectivity index (χ0v) is 11.7. The van der Waals surface area contributed by atoms with Crippen LogP contribution in [0.1, 0.15) is 30.6 Å². The first-order chi connectivity index (χ1) is 8.85. The Morgan fingerprint density at radius 3 is 2.74 bits per heavy atom. The van der Waals surface area contributed by atoms with Crippen molar-refractivity contribution in [2.24, 2.45) is 5.41 Å². The molecule has 0 atom stereocenters. The van der Waals surface area contributed by atoms with Crippen LogP contribution in [-0.2, 0) is 4.74 Å². The van der Waals surface area contributed by atoms with Crippen LogP contribution in [-0.4, -0.2) is 31.3 Å². The number of aromatic carboxylic acids is 1.